The summed E-state index contributed by atoms with van der Waals surface area (Å²) in [6, 6.07) is 15.6. The van der Waals surface area contributed by atoms with Gasteiger partial charge in [-0.3, -0.25) is 9.59 Å². The van der Waals surface area contributed by atoms with Crippen molar-refractivity contribution in [3.63, 3.8) is 0 Å². The fourth-order valence-electron chi connectivity index (χ4n) is 2.94. The first-order valence-corrected chi connectivity index (χ1v) is 8.45. The zero-order chi connectivity index (χ0) is 17.6. The minimum atomic E-state index is -0.431. The van der Waals surface area contributed by atoms with E-state index in [0.29, 0.717) is 17.7 Å². The van der Waals surface area contributed by atoms with Crippen LogP contribution in [0.3, 0.4) is 0 Å². The van der Waals surface area contributed by atoms with E-state index in [1.807, 2.05) is 30.3 Å². The number of benzene rings is 2. The Hall–Kier alpha value is -2.88. The first-order chi connectivity index (χ1) is 12.2. The highest BCUT2D eigenvalue weighted by Gasteiger charge is 2.19. The van der Waals surface area contributed by atoms with E-state index < -0.39 is 5.78 Å². The molecule has 0 radical (unpaired) electrons. The van der Waals surface area contributed by atoms with Crippen LogP contribution in [0.1, 0.15) is 35.2 Å². The van der Waals surface area contributed by atoms with E-state index >= 15 is 0 Å². The van der Waals surface area contributed by atoms with Gasteiger partial charge in [0.05, 0.1) is 12.7 Å². The molecule has 1 N–H and O–H groups in total. The number of fused-ring (bicyclic) bond motifs is 1. The van der Waals surface area contributed by atoms with E-state index in [2.05, 4.69) is 17.1 Å². The highest BCUT2D eigenvalue weighted by atomic mass is 16.5. The second-order valence-electron chi connectivity index (χ2n) is 6.06. The van der Waals surface area contributed by atoms with Gasteiger partial charge in [-0.2, -0.15) is 0 Å². The van der Waals surface area contributed by atoms with Crippen molar-refractivity contribution in [1.82, 2.24) is 4.98 Å². The van der Waals surface area contributed by atoms with Crippen LogP contribution in [0.4, 0.5) is 0 Å². The number of hydrogen-bond acceptors (Lipinski definition) is 3. The molecule has 0 bridgehead atoms. The average Bonchev–Trinajstić information content (AvgIpc) is 3.08. The number of carbonyl (C=O) groups is 2. The van der Waals surface area contributed by atoms with Crippen LogP contribution in [-0.2, 0) is 11.2 Å². The number of carbonyl (C=O) groups excluding carboxylic acids is 2. The van der Waals surface area contributed by atoms with Crippen LogP contribution >= 0.6 is 0 Å². The molecule has 128 valence electrons. The smallest absolute Gasteiger partial charge is 0.230 e. The Morgan fingerprint density at radius 3 is 2.60 bits per heavy atom. The zero-order valence-corrected chi connectivity index (χ0v) is 14.2. The lowest BCUT2D eigenvalue weighted by molar-refractivity contribution is -0.115. The molecule has 0 atom stereocenters. The largest absolute Gasteiger partial charge is 0.497 e. The highest BCUT2D eigenvalue weighted by molar-refractivity contribution is 6.45. The van der Waals surface area contributed by atoms with E-state index in [1.54, 1.807) is 19.4 Å². The summed E-state index contributed by atoms with van der Waals surface area (Å²) in [5, 5.41) is 0.724. The molecule has 0 amide bonds. The SMILES string of the molecule is COc1ccc2[nH]cc(C(=O)C(=O)CCCCc3ccccc3)c2c1. The monoisotopic (exact) mass is 335 g/mol. The van der Waals surface area contributed by atoms with Crippen LogP contribution in [0.25, 0.3) is 10.9 Å². The average molecular weight is 335 g/mol. The number of aromatic amines is 1. The predicted molar refractivity (Wildman–Crippen MR) is 98.2 cm³/mol. The van der Waals surface area contributed by atoms with E-state index in [0.717, 1.165) is 23.7 Å². The summed E-state index contributed by atoms with van der Waals surface area (Å²) in [7, 11) is 1.58. The molecule has 0 aliphatic heterocycles. The maximum Gasteiger partial charge on any atom is 0.230 e. The standard InChI is InChI=1S/C21H21NO3/c1-25-16-11-12-19-17(13-16)18(14-22-19)21(24)20(23)10-6-5-9-15-7-3-2-4-8-15/h2-4,7-8,11-14,22H,5-6,9-10H2,1H3. The molecule has 25 heavy (non-hydrogen) atoms. The number of hydrogen-bond donors (Lipinski definition) is 1. The van der Waals surface area contributed by atoms with E-state index in [4.69, 9.17) is 4.74 Å². The Labute approximate surface area is 146 Å². The fourth-order valence-corrected chi connectivity index (χ4v) is 2.94. The Bertz CT molecular complexity index is 881. The lowest BCUT2D eigenvalue weighted by Crippen LogP contribution is -2.13. The summed E-state index contributed by atoms with van der Waals surface area (Å²) in [5.41, 5.74) is 2.49. The van der Waals surface area contributed by atoms with Crippen LogP contribution in [0.15, 0.2) is 54.7 Å². The molecule has 0 fully saturated rings. The number of Topliss-reactive ketones (excluding diaryl/α,β-unsaturated/α-hetero) is 2. The molecular formula is C21H21NO3. The van der Waals surface area contributed by atoms with Crippen molar-refractivity contribution >= 4 is 22.5 Å². The topological polar surface area (TPSA) is 59.2 Å². The van der Waals surface area contributed by atoms with Gasteiger partial charge >= 0.3 is 0 Å². The third-order valence-electron chi connectivity index (χ3n) is 4.35. The maximum atomic E-state index is 12.5. The highest BCUT2D eigenvalue weighted by Crippen LogP contribution is 2.24. The number of ketones is 2. The van der Waals surface area contributed by atoms with Crippen LogP contribution in [0.2, 0.25) is 0 Å². The van der Waals surface area contributed by atoms with Gasteiger partial charge in [-0.1, -0.05) is 30.3 Å². The van der Waals surface area contributed by atoms with Gasteiger partial charge < -0.3 is 9.72 Å². The molecule has 4 heteroatoms. The number of H-pyrrole nitrogens is 1. The predicted octanol–water partition coefficient (Wildman–Crippen LogP) is 4.34. The van der Waals surface area contributed by atoms with Gasteiger partial charge in [0.2, 0.25) is 11.6 Å². The number of ether oxygens (including phenoxy) is 1. The maximum absolute atomic E-state index is 12.5. The molecule has 1 heterocycles. The summed E-state index contributed by atoms with van der Waals surface area (Å²) in [5.74, 6) is -0.104. The van der Waals surface area contributed by atoms with Crippen molar-refractivity contribution in [1.29, 1.82) is 0 Å². The van der Waals surface area contributed by atoms with Crippen molar-refractivity contribution in [3.05, 3.63) is 65.9 Å². The second kappa shape index (κ2) is 7.79. The number of aryl methyl sites for hydroxylation is 1. The Kier molecular flexibility index (Phi) is 5.29. The lowest BCUT2D eigenvalue weighted by Gasteiger charge is -2.03. The molecule has 4 nitrogen and oxygen atoms in total. The number of unbranched alkanes of at least 4 members (excludes halogenated alkanes) is 1. The summed E-state index contributed by atoms with van der Waals surface area (Å²) in [4.78, 5) is 27.8. The minimum Gasteiger partial charge on any atom is -0.497 e. The van der Waals surface area contributed by atoms with Crippen molar-refractivity contribution in [2.75, 3.05) is 7.11 Å². The Balaban J connectivity index is 1.60. The van der Waals surface area contributed by atoms with Gasteiger partial charge in [-0.25, -0.2) is 0 Å². The first-order valence-electron chi connectivity index (χ1n) is 8.45. The van der Waals surface area contributed by atoms with E-state index in [-0.39, 0.29) is 12.2 Å². The second-order valence-corrected chi connectivity index (χ2v) is 6.06. The van der Waals surface area contributed by atoms with Crippen molar-refractivity contribution in [2.45, 2.75) is 25.7 Å². The zero-order valence-electron chi connectivity index (χ0n) is 14.2. The lowest BCUT2D eigenvalue weighted by atomic mass is 10.0. The summed E-state index contributed by atoms with van der Waals surface area (Å²) < 4.78 is 5.20. The molecule has 1 aromatic heterocycles. The minimum absolute atomic E-state index is 0.280. The van der Waals surface area contributed by atoms with Crippen molar-refractivity contribution in [2.24, 2.45) is 0 Å². The molecule has 0 unspecified atom stereocenters. The third-order valence-corrected chi connectivity index (χ3v) is 4.35. The van der Waals surface area contributed by atoms with Crippen molar-refractivity contribution < 1.29 is 14.3 Å². The molecule has 0 saturated heterocycles. The molecule has 0 spiro atoms. The summed E-state index contributed by atoms with van der Waals surface area (Å²) in [6.07, 6.45) is 4.42. The number of rotatable bonds is 8. The molecule has 3 rings (SSSR count). The van der Waals surface area contributed by atoms with Crippen LogP contribution in [0, 0.1) is 0 Å². The normalized spacial score (nSPS) is 10.8. The Morgan fingerprint density at radius 2 is 1.84 bits per heavy atom. The number of nitrogens with one attached hydrogen (secondary N) is 1. The Morgan fingerprint density at radius 1 is 1.04 bits per heavy atom. The molecule has 0 aliphatic carbocycles. The van der Waals surface area contributed by atoms with Gasteiger partial charge in [0.1, 0.15) is 5.75 Å². The van der Waals surface area contributed by atoms with Gasteiger partial charge in [-0.05, 0) is 43.0 Å². The van der Waals surface area contributed by atoms with Gasteiger partial charge in [0.15, 0.2) is 0 Å². The van der Waals surface area contributed by atoms with Crippen LogP contribution < -0.4 is 4.74 Å². The summed E-state index contributed by atoms with van der Waals surface area (Å²) in [6.45, 7) is 0. The van der Waals surface area contributed by atoms with E-state index in [9.17, 15) is 9.59 Å². The first kappa shape index (κ1) is 17.0. The molecule has 0 aliphatic rings. The van der Waals surface area contributed by atoms with Gasteiger partial charge in [0, 0.05) is 23.5 Å². The molecule has 2 aromatic carbocycles. The molecule has 0 saturated carbocycles. The third kappa shape index (κ3) is 3.97. The van der Waals surface area contributed by atoms with Crippen LogP contribution in [-0.4, -0.2) is 23.7 Å². The quantitative estimate of drug-likeness (QED) is 0.378. The van der Waals surface area contributed by atoms with Crippen molar-refractivity contribution in [3.8, 4) is 5.75 Å². The fraction of sp³-hybridized carbons (Fsp3) is 0.238. The molecular weight excluding hydrogens is 314 g/mol. The number of methoxy groups -OCH3 is 1. The van der Waals surface area contributed by atoms with Crippen LogP contribution in [0.5, 0.6) is 5.75 Å². The summed E-state index contributed by atoms with van der Waals surface area (Å²) >= 11 is 0. The van der Waals surface area contributed by atoms with E-state index in [1.165, 1.54) is 5.56 Å². The molecule has 3 aromatic rings. The number of aromatic nitrogens is 1. The van der Waals surface area contributed by atoms with Gasteiger partial charge in [0.25, 0.3) is 0 Å². The van der Waals surface area contributed by atoms with Gasteiger partial charge in [-0.15, -0.1) is 0 Å².